The van der Waals surface area contributed by atoms with Crippen molar-refractivity contribution >= 4 is 17.8 Å². The molecule has 0 saturated carbocycles. The van der Waals surface area contributed by atoms with Gasteiger partial charge in [-0.1, -0.05) is 27.7 Å². The Balaban J connectivity index is 1.66. The number of nitrogens with zero attached hydrogens (tertiary/aromatic N) is 2. The molecule has 6 heteroatoms. The van der Waals surface area contributed by atoms with Crippen LogP contribution in [-0.4, -0.2) is 53.8 Å². The van der Waals surface area contributed by atoms with Gasteiger partial charge in [0.05, 0.1) is 5.92 Å². The van der Waals surface area contributed by atoms with Crippen LogP contribution in [0.2, 0.25) is 0 Å². The summed E-state index contributed by atoms with van der Waals surface area (Å²) in [6.45, 7) is 10.9. The summed E-state index contributed by atoms with van der Waals surface area (Å²) >= 11 is 0. The highest BCUT2D eigenvalue weighted by molar-refractivity contribution is 6.03. The molecule has 1 N–H and O–H groups in total. The van der Waals surface area contributed by atoms with Gasteiger partial charge in [0, 0.05) is 32.6 Å². The number of unbranched alkanes of at least 4 members (excludes halogenated alkanes) is 1. The molecule has 24 heavy (non-hydrogen) atoms. The van der Waals surface area contributed by atoms with Crippen molar-refractivity contribution in [2.45, 2.75) is 53.4 Å². The Kier molecular flexibility index (Phi) is 5.88. The van der Waals surface area contributed by atoms with Crippen molar-refractivity contribution in [3.05, 3.63) is 0 Å². The van der Waals surface area contributed by atoms with E-state index in [-0.39, 0.29) is 29.2 Å². The average Bonchev–Trinajstić information content (AvgIpc) is 3.03. The Hall–Kier alpha value is -1.59. The van der Waals surface area contributed by atoms with Crippen molar-refractivity contribution in [1.82, 2.24) is 15.1 Å². The molecule has 0 aliphatic carbocycles. The fraction of sp³-hybridized carbons (Fsp3) is 0.833. The Morgan fingerprint density at radius 1 is 1.25 bits per heavy atom. The minimum Gasteiger partial charge on any atom is -0.338 e. The number of nitrogens with one attached hydrogen (secondary N) is 1. The van der Waals surface area contributed by atoms with Crippen molar-refractivity contribution in [2.24, 2.45) is 17.3 Å². The van der Waals surface area contributed by atoms with Crippen LogP contribution in [0.3, 0.4) is 0 Å². The Morgan fingerprint density at radius 3 is 2.50 bits per heavy atom. The molecule has 2 aliphatic rings. The SMILES string of the molecule is C[C@@H]1CCN(C(=O)NCCCCN2C(=O)CC(C(C)(C)C)C2=O)C1. The van der Waals surface area contributed by atoms with Crippen LogP contribution >= 0.6 is 0 Å². The zero-order chi connectivity index (χ0) is 17.9. The quantitative estimate of drug-likeness (QED) is 0.618. The molecule has 2 aliphatic heterocycles. The van der Waals surface area contributed by atoms with Gasteiger partial charge in [0.15, 0.2) is 0 Å². The largest absolute Gasteiger partial charge is 0.338 e. The van der Waals surface area contributed by atoms with E-state index in [9.17, 15) is 14.4 Å². The van der Waals surface area contributed by atoms with Gasteiger partial charge in [-0.3, -0.25) is 14.5 Å². The first-order chi connectivity index (χ1) is 11.2. The van der Waals surface area contributed by atoms with Gasteiger partial charge in [0.1, 0.15) is 0 Å². The van der Waals surface area contributed by atoms with Crippen LogP contribution in [0.25, 0.3) is 0 Å². The molecule has 0 aromatic rings. The molecule has 0 radical (unpaired) electrons. The van der Waals surface area contributed by atoms with E-state index >= 15 is 0 Å². The van der Waals surface area contributed by atoms with Gasteiger partial charge in [-0.25, -0.2) is 4.79 Å². The summed E-state index contributed by atoms with van der Waals surface area (Å²) in [6, 6.07) is 0.000437. The number of hydrogen-bond donors (Lipinski definition) is 1. The minimum atomic E-state index is -0.207. The number of urea groups is 1. The summed E-state index contributed by atoms with van der Waals surface area (Å²) in [4.78, 5) is 39.6. The van der Waals surface area contributed by atoms with Crippen LogP contribution in [0.15, 0.2) is 0 Å². The Labute approximate surface area is 144 Å². The molecule has 2 heterocycles. The number of amides is 4. The number of hydrogen-bond acceptors (Lipinski definition) is 3. The lowest BCUT2D eigenvalue weighted by molar-refractivity contribution is -0.140. The van der Waals surface area contributed by atoms with Crippen molar-refractivity contribution < 1.29 is 14.4 Å². The molecule has 0 bridgehead atoms. The smallest absolute Gasteiger partial charge is 0.317 e. The standard InChI is InChI=1S/C18H31N3O3/c1-13-7-10-20(12-13)17(24)19-8-5-6-9-21-15(22)11-14(16(21)23)18(2,3)4/h13-14H,5-12H2,1-4H3,(H,19,24)/t13-,14?/m1/s1. The molecule has 2 fully saturated rings. The van der Waals surface area contributed by atoms with E-state index in [0.717, 1.165) is 32.4 Å². The summed E-state index contributed by atoms with van der Waals surface area (Å²) in [6.07, 6.45) is 2.89. The van der Waals surface area contributed by atoms with Crippen molar-refractivity contribution in [1.29, 1.82) is 0 Å². The van der Waals surface area contributed by atoms with Crippen molar-refractivity contribution in [3.8, 4) is 0 Å². The fourth-order valence-electron chi connectivity index (χ4n) is 3.42. The first-order valence-electron chi connectivity index (χ1n) is 9.07. The topological polar surface area (TPSA) is 69.7 Å². The van der Waals surface area contributed by atoms with E-state index in [1.165, 1.54) is 4.90 Å². The lowest BCUT2D eigenvalue weighted by Gasteiger charge is -2.24. The molecule has 4 amide bonds. The lowest BCUT2D eigenvalue weighted by Crippen LogP contribution is -2.39. The zero-order valence-electron chi connectivity index (χ0n) is 15.4. The second-order valence-corrected chi connectivity index (χ2v) is 8.29. The lowest BCUT2D eigenvalue weighted by atomic mass is 9.80. The van der Waals surface area contributed by atoms with Gasteiger partial charge in [-0.15, -0.1) is 0 Å². The number of imide groups is 1. The van der Waals surface area contributed by atoms with E-state index in [2.05, 4.69) is 12.2 Å². The van der Waals surface area contributed by atoms with Gasteiger partial charge < -0.3 is 10.2 Å². The van der Waals surface area contributed by atoms with Crippen LogP contribution in [0, 0.1) is 17.3 Å². The van der Waals surface area contributed by atoms with E-state index in [1.807, 2.05) is 25.7 Å². The first-order valence-corrected chi connectivity index (χ1v) is 9.07. The number of rotatable bonds is 5. The predicted molar refractivity (Wildman–Crippen MR) is 92.3 cm³/mol. The average molecular weight is 337 g/mol. The third-order valence-corrected chi connectivity index (χ3v) is 5.09. The van der Waals surface area contributed by atoms with Gasteiger partial charge in [-0.05, 0) is 30.6 Å². The zero-order valence-corrected chi connectivity index (χ0v) is 15.4. The molecule has 1 unspecified atom stereocenters. The maximum absolute atomic E-state index is 12.4. The number of carbonyl (C=O) groups excluding carboxylic acids is 3. The molecule has 0 spiro atoms. The molecular weight excluding hydrogens is 306 g/mol. The van der Waals surface area contributed by atoms with E-state index < -0.39 is 0 Å². The molecule has 0 aromatic heterocycles. The van der Waals surface area contributed by atoms with Crippen molar-refractivity contribution in [2.75, 3.05) is 26.2 Å². The van der Waals surface area contributed by atoms with Crippen LogP contribution in [0.1, 0.15) is 53.4 Å². The van der Waals surface area contributed by atoms with Gasteiger partial charge in [0.2, 0.25) is 11.8 Å². The third kappa shape index (κ3) is 4.48. The molecule has 2 saturated heterocycles. The van der Waals surface area contributed by atoms with Gasteiger partial charge in [0.25, 0.3) is 0 Å². The van der Waals surface area contributed by atoms with Crippen LogP contribution < -0.4 is 5.32 Å². The summed E-state index contributed by atoms with van der Waals surface area (Å²) in [5, 5.41) is 2.92. The van der Waals surface area contributed by atoms with E-state index in [0.29, 0.717) is 25.4 Å². The fourth-order valence-corrected chi connectivity index (χ4v) is 3.42. The predicted octanol–water partition coefficient (Wildman–Crippen LogP) is 2.24. The maximum Gasteiger partial charge on any atom is 0.317 e. The highest BCUT2D eigenvalue weighted by atomic mass is 16.2. The van der Waals surface area contributed by atoms with Crippen LogP contribution in [0.5, 0.6) is 0 Å². The molecular formula is C18H31N3O3. The second-order valence-electron chi connectivity index (χ2n) is 8.29. The van der Waals surface area contributed by atoms with Crippen LogP contribution in [0.4, 0.5) is 4.79 Å². The summed E-state index contributed by atoms with van der Waals surface area (Å²) in [5.74, 6) is 0.276. The number of likely N-dealkylation sites (tertiary alicyclic amines) is 2. The maximum atomic E-state index is 12.4. The summed E-state index contributed by atoms with van der Waals surface area (Å²) in [5.41, 5.74) is -0.178. The van der Waals surface area contributed by atoms with E-state index in [4.69, 9.17) is 0 Å². The highest BCUT2D eigenvalue weighted by Crippen LogP contribution is 2.35. The van der Waals surface area contributed by atoms with E-state index in [1.54, 1.807) is 0 Å². The first kappa shape index (κ1) is 18.7. The number of carbonyl (C=O) groups is 3. The van der Waals surface area contributed by atoms with Gasteiger partial charge in [-0.2, -0.15) is 0 Å². The van der Waals surface area contributed by atoms with Crippen LogP contribution in [-0.2, 0) is 9.59 Å². The minimum absolute atomic E-state index is 0.000437. The Morgan fingerprint density at radius 2 is 1.96 bits per heavy atom. The van der Waals surface area contributed by atoms with Crippen molar-refractivity contribution in [3.63, 3.8) is 0 Å². The monoisotopic (exact) mass is 337 g/mol. The van der Waals surface area contributed by atoms with Gasteiger partial charge >= 0.3 is 6.03 Å². The molecule has 136 valence electrons. The summed E-state index contributed by atoms with van der Waals surface area (Å²) in [7, 11) is 0. The summed E-state index contributed by atoms with van der Waals surface area (Å²) < 4.78 is 0. The Bertz CT molecular complexity index is 498. The highest BCUT2D eigenvalue weighted by Gasteiger charge is 2.44. The normalized spacial score (nSPS) is 24.8. The third-order valence-electron chi connectivity index (χ3n) is 5.09. The second kappa shape index (κ2) is 7.53. The molecule has 2 rings (SSSR count). The molecule has 6 nitrogen and oxygen atoms in total. The molecule has 0 aromatic carbocycles. The molecule has 2 atom stereocenters.